The molecule has 1 aromatic heterocycles. The molecular formula is C11H9FN2O. The third kappa shape index (κ3) is 1.79. The summed E-state index contributed by atoms with van der Waals surface area (Å²) in [6.07, 6.45) is 1.52. The van der Waals surface area contributed by atoms with Crippen LogP contribution in [-0.2, 0) is 11.2 Å². The standard InChI is InChI=1S/C11H9FN2O/c12-9-3-4-10-7(2-1-5-14-10)8(9)6-11(13)15/h1-5H,6H2,(H2,13,15). The van der Waals surface area contributed by atoms with Crippen molar-refractivity contribution in [2.24, 2.45) is 5.73 Å². The van der Waals surface area contributed by atoms with E-state index in [1.165, 1.54) is 6.07 Å². The Labute approximate surface area is 85.7 Å². The number of pyridine rings is 1. The SMILES string of the molecule is NC(=O)Cc1c(F)ccc2ncccc12. The van der Waals surface area contributed by atoms with Crippen LogP contribution in [0.2, 0.25) is 0 Å². The van der Waals surface area contributed by atoms with Crippen molar-refractivity contribution in [1.29, 1.82) is 0 Å². The predicted octanol–water partition coefficient (Wildman–Crippen LogP) is 1.40. The van der Waals surface area contributed by atoms with E-state index in [0.29, 0.717) is 16.5 Å². The summed E-state index contributed by atoms with van der Waals surface area (Å²) in [5, 5.41) is 0.635. The van der Waals surface area contributed by atoms with Crippen LogP contribution in [-0.4, -0.2) is 10.9 Å². The molecule has 0 aliphatic carbocycles. The van der Waals surface area contributed by atoms with Crippen molar-refractivity contribution in [3.05, 3.63) is 41.8 Å². The molecule has 0 unspecified atom stereocenters. The van der Waals surface area contributed by atoms with Crippen LogP contribution in [0.15, 0.2) is 30.5 Å². The van der Waals surface area contributed by atoms with Gasteiger partial charge >= 0.3 is 0 Å². The van der Waals surface area contributed by atoms with Gasteiger partial charge in [-0.3, -0.25) is 9.78 Å². The zero-order valence-corrected chi connectivity index (χ0v) is 7.90. The zero-order valence-electron chi connectivity index (χ0n) is 7.90. The number of carbonyl (C=O) groups is 1. The number of carbonyl (C=O) groups excluding carboxylic acids is 1. The molecule has 0 bridgehead atoms. The molecule has 0 spiro atoms. The van der Waals surface area contributed by atoms with Crippen molar-refractivity contribution < 1.29 is 9.18 Å². The number of nitrogens with two attached hydrogens (primary N) is 1. The van der Waals surface area contributed by atoms with Crippen LogP contribution in [0, 0.1) is 5.82 Å². The molecule has 0 aliphatic rings. The quantitative estimate of drug-likeness (QED) is 0.803. The summed E-state index contributed by atoms with van der Waals surface area (Å²) in [7, 11) is 0. The van der Waals surface area contributed by atoms with E-state index in [9.17, 15) is 9.18 Å². The van der Waals surface area contributed by atoms with Crippen LogP contribution in [0.5, 0.6) is 0 Å². The minimum absolute atomic E-state index is 0.102. The fraction of sp³-hybridized carbons (Fsp3) is 0.0909. The molecule has 2 rings (SSSR count). The van der Waals surface area contributed by atoms with Gasteiger partial charge in [-0.1, -0.05) is 6.07 Å². The third-order valence-electron chi connectivity index (χ3n) is 2.19. The highest BCUT2D eigenvalue weighted by molar-refractivity contribution is 5.87. The van der Waals surface area contributed by atoms with Crippen LogP contribution in [0.25, 0.3) is 10.9 Å². The van der Waals surface area contributed by atoms with Crippen molar-refractivity contribution in [2.75, 3.05) is 0 Å². The molecule has 0 radical (unpaired) electrons. The van der Waals surface area contributed by atoms with E-state index >= 15 is 0 Å². The number of hydrogen-bond acceptors (Lipinski definition) is 2. The van der Waals surface area contributed by atoms with Gasteiger partial charge in [-0.05, 0) is 18.2 Å². The maximum absolute atomic E-state index is 13.4. The van der Waals surface area contributed by atoms with E-state index in [2.05, 4.69) is 4.98 Å². The number of rotatable bonds is 2. The topological polar surface area (TPSA) is 56.0 Å². The molecule has 0 fully saturated rings. The van der Waals surface area contributed by atoms with Gasteiger partial charge in [-0.15, -0.1) is 0 Å². The Morgan fingerprint density at radius 3 is 2.93 bits per heavy atom. The molecule has 0 atom stereocenters. The van der Waals surface area contributed by atoms with Gasteiger partial charge in [0.25, 0.3) is 0 Å². The lowest BCUT2D eigenvalue weighted by atomic mass is 10.0. The van der Waals surface area contributed by atoms with Crippen LogP contribution in [0.1, 0.15) is 5.56 Å². The maximum atomic E-state index is 13.4. The van der Waals surface area contributed by atoms with Gasteiger partial charge < -0.3 is 5.73 Å². The van der Waals surface area contributed by atoms with Crippen LogP contribution >= 0.6 is 0 Å². The highest BCUT2D eigenvalue weighted by Gasteiger charge is 2.10. The average Bonchev–Trinajstić information content (AvgIpc) is 2.22. The van der Waals surface area contributed by atoms with E-state index in [1.807, 2.05) is 0 Å². The predicted molar refractivity (Wildman–Crippen MR) is 54.6 cm³/mol. The van der Waals surface area contributed by atoms with Crippen molar-refractivity contribution >= 4 is 16.8 Å². The van der Waals surface area contributed by atoms with Crippen molar-refractivity contribution in [3.63, 3.8) is 0 Å². The molecule has 76 valence electrons. The minimum Gasteiger partial charge on any atom is -0.369 e. The normalized spacial score (nSPS) is 10.5. The van der Waals surface area contributed by atoms with E-state index in [1.54, 1.807) is 24.4 Å². The number of halogens is 1. The van der Waals surface area contributed by atoms with Crippen molar-refractivity contribution in [3.8, 4) is 0 Å². The summed E-state index contributed by atoms with van der Waals surface area (Å²) < 4.78 is 13.4. The molecule has 1 aromatic carbocycles. The average molecular weight is 204 g/mol. The fourth-order valence-corrected chi connectivity index (χ4v) is 1.54. The minimum atomic E-state index is -0.551. The fourth-order valence-electron chi connectivity index (χ4n) is 1.54. The molecule has 3 nitrogen and oxygen atoms in total. The largest absolute Gasteiger partial charge is 0.369 e. The molecule has 4 heteroatoms. The summed E-state index contributed by atoms with van der Waals surface area (Å²) in [5.74, 6) is -0.973. The number of fused-ring (bicyclic) bond motifs is 1. The molecule has 2 N–H and O–H groups in total. The van der Waals surface area contributed by atoms with E-state index in [4.69, 9.17) is 5.73 Å². The molecule has 0 aliphatic heterocycles. The summed E-state index contributed by atoms with van der Waals surface area (Å²) in [4.78, 5) is 14.9. The Balaban J connectivity index is 2.68. The summed E-state index contributed by atoms with van der Waals surface area (Å²) in [6.45, 7) is 0. The Bertz CT molecular complexity index is 525. The molecular weight excluding hydrogens is 195 g/mol. The second-order valence-electron chi connectivity index (χ2n) is 3.24. The van der Waals surface area contributed by atoms with Gasteiger partial charge in [0.15, 0.2) is 0 Å². The molecule has 2 aromatic rings. The highest BCUT2D eigenvalue weighted by Crippen LogP contribution is 2.20. The number of hydrogen-bond donors (Lipinski definition) is 1. The second-order valence-corrected chi connectivity index (χ2v) is 3.24. The third-order valence-corrected chi connectivity index (χ3v) is 2.19. The lowest BCUT2D eigenvalue weighted by molar-refractivity contribution is -0.117. The molecule has 1 amide bonds. The van der Waals surface area contributed by atoms with Gasteiger partial charge in [0, 0.05) is 17.1 Å². The number of aromatic nitrogens is 1. The first-order chi connectivity index (χ1) is 7.18. The first kappa shape index (κ1) is 9.58. The summed E-state index contributed by atoms with van der Waals surface area (Å²) in [5.41, 5.74) is 6.03. The Morgan fingerprint density at radius 1 is 1.40 bits per heavy atom. The number of nitrogens with zero attached hydrogens (tertiary/aromatic N) is 1. The number of benzene rings is 1. The van der Waals surface area contributed by atoms with Crippen LogP contribution in [0.3, 0.4) is 0 Å². The molecule has 1 heterocycles. The maximum Gasteiger partial charge on any atom is 0.221 e. The van der Waals surface area contributed by atoms with Crippen LogP contribution in [0.4, 0.5) is 4.39 Å². The first-order valence-electron chi connectivity index (χ1n) is 4.49. The Morgan fingerprint density at radius 2 is 2.20 bits per heavy atom. The Hall–Kier alpha value is -1.97. The van der Waals surface area contributed by atoms with Crippen molar-refractivity contribution in [1.82, 2.24) is 4.98 Å². The second kappa shape index (κ2) is 3.65. The monoisotopic (exact) mass is 204 g/mol. The molecule has 0 saturated heterocycles. The lowest BCUT2D eigenvalue weighted by Crippen LogP contribution is -2.15. The van der Waals surface area contributed by atoms with Gasteiger partial charge in [0.05, 0.1) is 11.9 Å². The zero-order chi connectivity index (χ0) is 10.8. The van der Waals surface area contributed by atoms with Gasteiger partial charge in [0.2, 0.25) is 5.91 Å². The number of primary amides is 1. The Kier molecular flexibility index (Phi) is 2.33. The van der Waals surface area contributed by atoms with Crippen LogP contribution < -0.4 is 5.73 Å². The number of amides is 1. The van der Waals surface area contributed by atoms with Gasteiger partial charge in [-0.2, -0.15) is 0 Å². The first-order valence-corrected chi connectivity index (χ1v) is 4.49. The van der Waals surface area contributed by atoms with Crippen molar-refractivity contribution in [2.45, 2.75) is 6.42 Å². The molecule has 0 saturated carbocycles. The molecule has 15 heavy (non-hydrogen) atoms. The van der Waals surface area contributed by atoms with E-state index in [0.717, 1.165) is 0 Å². The van der Waals surface area contributed by atoms with Gasteiger partial charge in [0.1, 0.15) is 5.82 Å². The highest BCUT2D eigenvalue weighted by atomic mass is 19.1. The summed E-state index contributed by atoms with van der Waals surface area (Å²) in [6, 6.07) is 6.30. The lowest BCUT2D eigenvalue weighted by Gasteiger charge is -2.04. The smallest absolute Gasteiger partial charge is 0.221 e. The van der Waals surface area contributed by atoms with E-state index in [-0.39, 0.29) is 6.42 Å². The summed E-state index contributed by atoms with van der Waals surface area (Å²) >= 11 is 0. The van der Waals surface area contributed by atoms with E-state index < -0.39 is 11.7 Å². The van der Waals surface area contributed by atoms with Gasteiger partial charge in [-0.25, -0.2) is 4.39 Å².